The topological polar surface area (TPSA) is 54.0 Å². The normalized spacial score (nSPS) is 19.6. The Morgan fingerprint density at radius 3 is 2.36 bits per heavy atom. The number of aromatic amines is 1. The highest BCUT2D eigenvalue weighted by molar-refractivity contribution is 7.07. The summed E-state index contributed by atoms with van der Waals surface area (Å²) < 4.78 is 5.82. The van der Waals surface area contributed by atoms with Crippen molar-refractivity contribution in [2.45, 2.75) is 65.6 Å². The van der Waals surface area contributed by atoms with Crippen molar-refractivity contribution in [3.8, 4) is 11.5 Å². The van der Waals surface area contributed by atoms with Gasteiger partial charge in [0.05, 0.1) is 28.8 Å². The molecule has 0 radical (unpaired) electrons. The Kier molecular flexibility index (Phi) is 8.60. The van der Waals surface area contributed by atoms with E-state index in [9.17, 15) is 0 Å². The molecule has 1 N–H and O–H groups in total. The molecule has 0 spiro atoms. The van der Waals surface area contributed by atoms with E-state index in [0.29, 0.717) is 18.1 Å². The van der Waals surface area contributed by atoms with Crippen molar-refractivity contribution in [3.05, 3.63) is 70.5 Å². The number of nitrogens with zero attached hydrogens (tertiary/aromatic N) is 3. The zero-order valence-corrected chi connectivity index (χ0v) is 23.3. The van der Waals surface area contributed by atoms with Gasteiger partial charge in [0.15, 0.2) is 5.82 Å². The number of aromatic nitrogens is 3. The standard InChI is InChI=1S/C20H33NO.C10H7N3S/c1-15(12-21-13-16(2)22-17(3)14-21)11-18-7-9-19(10-8-18)20(4,5)6;1-2-4-8-7(3-1)12-10(13-8)9-5-14-6-11-9/h7-10,15-17H,11-14H2,1-6H3;1-6H,(H,12,13)/t15?,16-,17+;. The van der Waals surface area contributed by atoms with Crippen molar-refractivity contribution >= 4 is 22.4 Å². The van der Waals surface area contributed by atoms with Gasteiger partial charge in [0, 0.05) is 25.0 Å². The number of imidazole rings is 1. The maximum absolute atomic E-state index is 5.82. The molecule has 0 aliphatic carbocycles. The summed E-state index contributed by atoms with van der Waals surface area (Å²) in [7, 11) is 0. The van der Waals surface area contributed by atoms with Gasteiger partial charge in [-0.15, -0.1) is 11.3 Å². The minimum atomic E-state index is 0.240. The number of benzene rings is 2. The fourth-order valence-corrected chi connectivity index (χ4v) is 5.42. The number of H-pyrrole nitrogens is 1. The van der Waals surface area contributed by atoms with Crippen LogP contribution in [0.4, 0.5) is 0 Å². The summed E-state index contributed by atoms with van der Waals surface area (Å²) in [5.74, 6) is 1.52. The molecule has 192 valence electrons. The Morgan fingerprint density at radius 1 is 1.06 bits per heavy atom. The number of morpholine rings is 1. The van der Waals surface area contributed by atoms with Crippen LogP contribution >= 0.6 is 11.3 Å². The lowest BCUT2D eigenvalue weighted by Gasteiger charge is -2.36. The van der Waals surface area contributed by atoms with E-state index in [4.69, 9.17) is 4.74 Å². The molecule has 3 heterocycles. The molecule has 4 aromatic rings. The van der Waals surface area contributed by atoms with Crippen LogP contribution in [0.2, 0.25) is 0 Å². The molecule has 0 bridgehead atoms. The van der Waals surface area contributed by atoms with Crippen LogP contribution in [0, 0.1) is 5.92 Å². The second-order valence-electron chi connectivity index (χ2n) is 11.2. The lowest BCUT2D eigenvalue weighted by atomic mass is 9.86. The van der Waals surface area contributed by atoms with Crippen molar-refractivity contribution in [1.29, 1.82) is 0 Å². The van der Waals surface area contributed by atoms with Gasteiger partial charge in [-0.2, -0.15) is 0 Å². The molecule has 0 amide bonds. The Bertz CT molecular complexity index is 1170. The fourth-order valence-electron chi connectivity index (χ4n) is 4.89. The van der Waals surface area contributed by atoms with Crippen LogP contribution in [0.1, 0.15) is 52.7 Å². The highest BCUT2D eigenvalue weighted by Gasteiger charge is 2.23. The van der Waals surface area contributed by atoms with Crippen molar-refractivity contribution in [2.75, 3.05) is 19.6 Å². The average molecular weight is 505 g/mol. The van der Waals surface area contributed by atoms with Crippen molar-refractivity contribution in [2.24, 2.45) is 5.92 Å². The molecule has 1 unspecified atom stereocenters. The van der Waals surface area contributed by atoms with E-state index in [-0.39, 0.29) is 5.41 Å². The smallest absolute Gasteiger partial charge is 0.158 e. The van der Waals surface area contributed by atoms with E-state index in [1.54, 1.807) is 11.3 Å². The third kappa shape index (κ3) is 7.25. The predicted molar refractivity (Wildman–Crippen MR) is 152 cm³/mol. The van der Waals surface area contributed by atoms with Crippen LogP contribution in [-0.4, -0.2) is 51.7 Å². The zero-order chi connectivity index (χ0) is 25.7. The number of rotatable bonds is 5. The summed E-state index contributed by atoms with van der Waals surface area (Å²) in [6, 6.07) is 17.2. The predicted octanol–water partition coefficient (Wildman–Crippen LogP) is 6.96. The first-order chi connectivity index (χ1) is 17.2. The SMILES string of the molecule is CC(Cc1ccc(C(C)(C)C)cc1)CN1C[C@@H](C)O[C@@H](C)C1.c1ccc2[nH]c(-c3cscn3)nc2c1. The molecule has 2 aromatic heterocycles. The third-order valence-electron chi connectivity index (χ3n) is 6.53. The lowest BCUT2D eigenvalue weighted by Crippen LogP contribution is -2.47. The first-order valence-corrected chi connectivity index (χ1v) is 13.9. The first kappa shape index (κ1) is 26.5. The molecule has 1 aliphatic heterocycles. The molecule has 2 aromatic carbocycles. The Hall–Kier alpha value is -2.54. The second-order valence-corrected chi connectivity index (χ2v) is 11.9. The van der Waals surface area contributed by atoms with Crippen LogP contribution in [0.5, 0.6) is 0 Å². The van der Waals surface area contributed by atoms with Gasteiger partial charge in [-0.25, -0.2) is 9.97 Å². The van der Waals surface area contributed by atoms with Gasteiger partial charge >= 0.3 is 0 Å². The quantitative estimate of drug-likeness (QED) is 0.319. The number of para-hydroxylation sites is 2. The zero-order valence-electron chi connectivity index (χ0n) is 22.5. The molecular weight excluding hydrogens is 464 g/mol. The highest BCUT2D eigenvalue weighted by atomic mass is 32.1. The molecule has 1 fully saturated rings. The molecule has 6 heteroatoms. The van der Waals surface area contributed by atoms with Crippen molar-refractivity contribution in [1.82, 2.24) is 19.9 Å². The van der Waals surface area contributed by atoms with E-state index in [1.807, 2.05) is 35.2 Å². The first-order valence-electron chi connectivity index (χ1n) is 13.0. The van der Waals surface area contributed by atoms with E-state index in [0.717, 1.165) is 42.1 Å². The van der Waals surface area contributed by atoms with Gasteiger partial charge in [0.25, 0.3) is 0 Å². The van der Waals surface area contributed by atoms with Gasteiger partial charge in [0.1, 0.15) is 5.69 Å². The minimum Gasteiger partial charge on any atom is -0.373 e. The van der Waals surface area contributed by atoms with Crippen molar-refractivity contribution in [3.63, 3.8) is 0 Å². The molecule has 3 atom stereocenters. The maximum atomic E-state index is 5.82. The van der Waals surface area contributed by atoms with Gasteiger partial charge in [-0.05, 0) is 54.9 Å². The number of fused-ring (bicyclic) bond motifs is 1. The van der Waals surface area contributed by atoms with E-state index in [2.05, 4.69) is 85.7 Å². The van der Waals surface area contributed by atoms with Crippen LogP contribution in [0.25, 0.3) is 22.6 Å². The van der Waals surface area contributed by atoms with Crippen LogP contribution in [0.3, 0.4) is 0 Å². The van der Waals surface area contributed by atoms with E-state index in [1.165, 1.54) is 17.7 Å². The van der Waals surface area contributed by atoms with Crippen molar-refractivity contribution < 1.29 is 4.74 Å². The Labute approximate surface area is 219 Å². The maximum Gasteiger partial charge on any atom is 0.158 e. The van der Waals surface area contributed by atoms with E-state index < -0.39 is 0 Å². The van der Waals surface area contributed by atoms with Crippen LogP contribution in [0.15, 0.2) is 59.4 Å². The number of ether oxygens (including phenoxy) is 1. The minimum absolute atomic E-state index is 0.240. The number of hydrogen-bond donors (Lipinski definition) is 1. The molecule has 0 saturated carbocycles. The summed E-state index contributed by atoms with van der Waals surface area (Å²) >= 11 is 1.57. The van der Waals surface area contributed by atoms with E-state index >= 15 is 0 Å². The summed E-state index contributed by atoms with van der Waals surface area (Å²) in [4.78, 5) is 14.4. The Morgan fingerprint density at radius 2 is 1.75 bits per heavy atom. The van der Waals surface area contributed by atoms with Crippen LogP contribution in [-0.2, 0) is 16.6 Å². The van der Waals surface area contributed by atoms with Crippen LogP contribution < -0.4 is 0 Å². The largest absolute Gasteiger partial charge is 0.373 e. The van der Waals surface area contributed by atoms with Gasteiger partial charge in [0.2, 0.25) is 0 Å². The monoisotopic (exact) mass is 504 g/mol. The molecule has 1 saturated heterocycles. The number of thiazole rings is 1. The molecule has 5 nitrogen and oxygen atoms in total. The number of hydrogen-bond acceptors (Lipinski definition) is 5. The number of nitrogens with one attached hydrogen (secondary N) is 1. The molecule has 1 aliphatic rings. The van der Waals surface area contributed by atoms with Gasteiger partial charge < -0.3 is 9.72 Å². The fraction of sp³-hybridized carbons (Fsp3) is 0.467. The third-order valence-corrected chi connectivity index (χ3v) is 7.12. The molecule has 36 heavy (non-hydrogen) atoms. The summed E-state index contributed by atoms with van der Waals surface area (Å²) in [6.45, 7) is 16.8. The summed E-state index contributed by atoms with van der Waals surface area (Å²) in [5, 5.41) is 1.98. The summed E-state index contributed by atoms with van der Waals surface area (Å²) in [6.07, 6.45) is 1.88. The summed E-state index contributed by atoms with van der Waals surface area (Å²) in [5.41, 5.74) is 7.86. The lowest BCUT2D eigenvalue weighted by molar-refractivity contribution is -0.0708. The molecule has 5 rings (SSSR count). The highest BCUT2D eigenvalue weighted by Crippen LogP contribution is 2.23. The molecular formula is C30H40N4OS. The Balaban J connectivity index is 0.000000185. The average Bonchev–Trinajstić information content (AvgIpc) is 3.48. The van der Waals surface area contributed by atoms with Gasteiger partial charge in [-0.3, -0.25) is 4.90 Å². The second kappa shape index (κ2) is 11.7. The van der Waals surface area contributed by atoms with Gasteiger partial charge in [-0.1, -0.05) is 64.1 Å².